The summed E-state index contributed by atoms with van der Waals surface area (Å²) in [5.74, 6) is 1.75. The van der Waals surface area contributed by atoms with Gasteiger partial charge in [-0.25, -0.2) is 0 Å². The molecule has 0 amide bonds. The molecule has 0 spiro atoms. The van der Waals surface area contributed by atoms with Crippen molar-refractivity contribution in [1.29, 1.82) is 0 Å². The quantitative estimate of drug-likeness (QED) is 0.635. The summed E-state index contributed by atoms with van der Waals surface area (Å²) in [7, 11) is 1.70. The van der Waals surface area contributed by atoms with Gasteiger partial charge in [-0.3, -0.25) is 0 Å². The minimum absolute atomic E-state index is 0.426. The first kappa shape index (κ1) is 14.7. The molecule has 0 radical (unpaired) electrons. The van der Waals surface area contributed by atoms with E-state index in [9.17, 15) is 0 Å². The molecule has 1 N–H and O–H groups in total. The maximum absolute atomic E-state index is 6.12. The number of hydrogen-bond donors (Lipinski definition) is 1. The van der Waals surface area contributed by atoms with Gasteiger partial charge in [-0.1, -0.05) is 12.1 Å². The van der Waals surface area contributed by atoms with Gasteiger partial charge in [-0.05, 0) is 68.8 Å². The molecule has 1 saturated carbocycles. The SMILES string of the molecule is COc1ccc(CCNCC2CCC(Cl)CC2)cc1. The first-order valence-electron chi connectivity index (χ1n) is 7.25. The highest BCUT2D eigenvalue weighted by molar-refractivity contribution is 6.20. The lowest BCUT2D eigenvalue weighted by atomic mass is 9.89. The molecule has 106 valence electrons. The molecule has 19 heavy (non-hydrogen) atoms. The van der Waals surface area contributed by atoms with Gasteiger partial charge in [0.1, 0.15) is 5.75 Å². The molecule has 2 nitrogen and oxygen atoms in total. The molecular weight excluding hydrogens is 258 g/mol. The summed E-state index contributed by atoms with van der Waals surface area (Å²) in [6, 6.07) is 8.33. The molecule has 0 aromatic heterocycles. The van der Waals surface area contributed by atoms with Crippen molar-refractivity contribution in [2.24, 2.45) is 5.92 Å². The van der Waals surface area contributed by atoms with Crippen LogP contribution in [0.1, 0.15) is 31.2 Å². The van der Waals surface area contributed by atoms with Crippen molar-refractivity contribution >= 4 is 11.6 Å². The molecule has 0 heterocycles. The van der Waals surface area contributed by atoms with Crippen LogP contribution in [0.5, 0.6) is 5.75 Å². The fourth-order valence-electron chi connectivity index (χ4n) is 2.66. The lowest BCUT2D eigenvalue weighted by Crippen LogP contribution is -2.28. The fourth-order valence-corrected chi connectivity index (χ4v) is 2.91. The van der Waals surface area contributed by atoms with Gasteiger partial charge < -0.3 is 10.1 Å². The zero-order chi connectivity index (χ0) is 13.5. The van der Waals surface area contributed by atoms with Crippen LogP contribution in [0.25, 0.3) is 0 Å². The first-order valence-corrected chi connectivity index (χ1v) is 7.69. The Bertz CT molecular complexity index is 358. The van der Waals surface area contributed by atoms with Crippen molar-refractivity contribution in [3.8, 4) is 5.75 Å². The summed E-state index contributed by atoms with van der Waals surface area (Å²) < 4.78 is 5.16. The van der Waals surface area contributed by atoms with E-state index < -0.39 is 0 Å². The van der Waals surface area contributed by atoms with Gasteiger partial charge >= 0.3 is 0 Å². The van der Waals surface area contributed by atoms with Crippen LogP contribution in [-0.2, 0) is 6.42 Å². The molecular formula is C16H24ClNO. The molecule has 0 unspecified atom stereocenters. The van der Waals surface area contributed by atoms with Crippen molar-refractivity contribution in [2.75, 3.05) is 20.2 Å². The third-order valence-corrected chi connectivity index (χ3v) is 4.40. The van der Waals surface area contributed by atoms with E-state index in [1.54, 1.807) is 7.11 Å². The maximum atomic E-state index is 6.12. The second kappa shape index (κ2) is 7.76. The van der Waals surface area contributed by atoms with Crippen molar-refractivity contribution in [3.05, 3.63) is 29.8 Å². The Morgan fingerprint density at radius 3 is 2.47 bits per heavy atom. The van der Waals surface area contributed by atoms with Crippen LogP contribution in [0, 0.1) is 5.92 Å². The third kappa shape index (κ3) is 5.04. The van der Waals surface area contributed by atoms with E-state index in [2.05, 4.69) is 17.4 Å². The van der Waals surface area contributed by atoms with E-state index in [1.165, 1.54) is 31.2 Å². The molecule has 1 fully saturated rings. The minimum Gasteiger partial charge on any atom is -0.497 e. The number of ether oxygens (including phenoxy) is 1. The summed E-state index contributed by atoms with van der Waals surface area (Å²) in [5.41, 5.74) is 1.36. The van der Waals surface area contributed by atoms with E-state index in [0.29, 0.717) is 5.38 Å². The van der Waals surface area contributed by atoms with Crippen molar-refractivity contribution in [1.82, 2.24) is 5.32 Å². The van der Waals surface area contributed by atoms with Crippen LogP contribution in [0.15, 0.2) is 24.3 Å². The van der Waals surface area contributed by atoms with Crippen LogP contribution in [0.2, 0.25) is 0 Å². The molecule has 2 rings (SSSR count). The van der Waals surface area contributed by atoms with E-state index in [4.69, 9.17) is 16.3 Å². The van der Waals surface area contributed by atoms with E-state index in [-0.39, 0.29) is 0 Å². The predicted molar refractivity (Wildman–Crippen MR) is 81.2 cm³/mol. The summed E-state index contributed by atoms with van der Waals surface area (Å²) >= 11 is 6.12. The Kier molecular flexibility index (Phi) is 5.99. The molecule has 1 aliphatic carbocycles. The number of hydrogen-bond acceptors (Lipinski definition) is 2. The Balaban J connectivity index is 1.61. The number of rotatable bonds is 6. The van der Waals surface area contributed by atoms with Gasteiger partial charge in [0.2, 0.25) is 0 Å². The van der Waals surface area contributed by atoms with Crippen LogP contribution in [0.3, 0.4) is 0 Å². The standard InChI is InChI=1S/C16H24ClNO/c1-19-16-8-4-13(5-9-16)10-11-18-12-14-2-6-15(17)7-3-14/h4-5,8-9,14-15,18H,2-3,6-7,10-12H2,1H3. The average molecular weight is 282 g/mol. The maximum Gasteiger partial charge on any atom is 0.118 e. The van der Waals surface area contributed by atoms with Gasteiger partial charge in [-0.15, -0.1) is 11.6 Å². The zero-order valence-electron chi connectivity index (χ0n) is 11.7. The monoisotopic (exact) mass is 281 g/mol. The number of halogens is 1. The zero-order valence-corrected chi connectivity index (χ0v) is 12.5. The largest absolute Gasteiger partial charge is 0.497 e. The highest BCUT2D eigenvalue weighted by Gasteiger charge is 2.18. The second-order valence-electron chi connectivity index (χ2n) is 5.42. The van der Waals surface area contributed by atoms with Crippen molar-refractivity contribution in [2.45, 2.75) is 37.5 Å². The van der Waals surface area contributed by atoms with Gasteiger partial charge in [-0.2, -0.15) is 0 Å². The summed E-state index contributed by atoms with van der Waals surface area (Å²) in [6.07, 6.45) is 6.01. The molecule has 0 atom stereocenters. The summed E-state index contributed by atoms with van der Waals surface area (Å²) in [5, 5.41) is 4.00. The molecule has 1 aliphatic rings. The van der Waals surface area contributed by atoms with Crippen molar-refractivity contribution in [3.63, 3.8) is 0 Å². The van der Waals surface area contributed by atoms with Crippen LogP contribution in [-0.4, -0.2) is 25.6 Å². The van der Waals surface area contributed by atoms with Gasteiger partial charge in [0.05, 0.1) is 7.11 Å². The predicted octanol–water partition coefficient (Wildman–Crippen LogP) is 3.62. The third-order valence-electron chi connectivity index (χ3n) is 3.96. The van der Waals surface area contributed by atoms with Gasteiger partial charge in [0.15, 0.2) is 0 Å². The first-order chi connectivity index (χ1) is 9.28. The Morgan fingerprint density at radius 1 is 1.16 bits per heavy atom. The van der Waals surface area contributed by atoms with Crippen LogP contribution >= 0.6 is 11.6 Å². The highest BCUT2D eigenvalue weighted by Crippen LogP contribution is 2.26. The highest BCUT2D eigenvalue weighted by atomic mass is 35.5. The average Bonchev–Trinajstić information content (AvgIpc) is 2.46. The molecule has 1 aromatic rings. The van der Waals surface area contributed by atoms with Gasteiger partial charge in [0, 0.05) is 5.38 Å². The molecule has 3 heteroatoms. The normalized spacial score (nSPS) is 23.3. The molecule has 1 aromatic carbocycles. The van der Waals surface area contributed by atoms with Crippen molar-refractivity contribution < 1.29 is 4.74 Å². The lowest BCUT2D eigenvalue weighted by Gasteiger charge is -2.25. The van der Waals surface area contributed by atoms with Gasteiger partial charge in [0.25, 0.3) is 0 Å². The number of alkyl halides is 1. The minimum atomic E-state index is 0.426. The molecule has 0 aliphatic heterocycles. The Morgan fingerprint density at radius 2 is 1.84 bits per heavy atom. The summed E-state index contributed by atoms with van der Waals surface area (Å²) in [4.78, 5) is 0. The Labute approximate surface area is 121 Å². The topological polar surface area (TPSA) is 21.3 Å². The Hall–Kier alpha value is -0.730. The number of methoxy groups -OCH3 is 1. The molecule has 0 bridgehead atoms. The molecule has 0 saturated heterocycles. The number of nitrogens with one attached hydrogen (secondary N) is 1. The van der Waals surface area contributed by atoms with E-state index in [0.717, 1.165) is 31.2 Å². The van der Waals surface area contributed by atoms with Crippen LogP contribution < -0.4 is 10.1 Å². The smallest absolute Gasteiger partial charge is 0.118 e. The van der Waals surface area contributed by atoms with E-state index >= 15 is 0 Å². The fraction of sp³-hybridized carbons (Fsp3) is 0.625. The second-order valence-corrected chi connectivity index (χ2v) is 6.04. The summed E-state index contributed by atoms with van der Waals surface area (Å²) in [6.45, 7) is 2.19. The van der Waals surface area contributed by atoms with E-state index in [1.807, 2.05) is 12.1 Å². The van der Waals surface area contributed by atoms with Crippen LogP contribution in [0.4, 0.5) is 0 Å². The number of benzene rings is 1. The lowest BCUT2D eigenvalue weighted by molar-refractivity contribution is 0.347.